The van der Waals surface area contributed by atoms with Crippen molar-refractivity contribution in [2.45, 2.75) is 18.8 Å². The molecule has 2 aromatic rings. The van der Waals surface area contributed by atoms with Crippen molar-refractivity contribution in [1.29, 1.82) is 0 Å². The highest BCUT2D eigenvalue weighted by atomic mass is 35.5. The molecule has 3 heteroatoms. The summed E-state index contributed by atoms with van der Waals surface area (Å²) in [4.78, 5) is 0. The van der Waals surface area contributed by atoms with E-state index in [1.54, 1.807) is 12.1 Å². The number of hydrogen-bond acceptors (Lipinski definition) is 1. The Labute approximate surface area is 123 Å². The van der Waals surface area contributed by atoms with Gasteiger partial charge in [0.15, 0.2) is 0 Å². The normalized spacial score (nSPS) is 16.3. The molecule has 0 amide bonds. The van der Waals surface area contributed by atoms with Gasteiger partial charge in [-0.05, 0) is 72.8 Å². The smallest absolute Gasteiger partial charge is 0.124 e. The maximum absolute atomic E-state index is 13.9. The van der Waals surface area contributed by atoms with Gasteiger partial charge in [0.1, 0.15) is 5.82 Å². The van der Waals surface area contributed by atoms with E-state index in [4.69, 9.17) is 11.6 Å². The minimum atomic E-state index is -0.170. The van der Waals surface area contributed by atoms with Crippen molar-refractivity contribution in [3.05, 3.63) is 58.9 Å². The fourth-order valence-corrected chi connectivity index (χ4v) is 3.03. The van der Waals surface area contributed by atoms with Gasteiger partial charge in [-0.1, -0.05) is 29.8 Å². The molecule has 0 spiro atoms. The number of piperidine rings is 1. The molecule has 1 heterocycles. The molecule has 0 unspecified atom stereocenters. The lowest BCUT2D eigenvalue weighted by Crippen LogP contribution is -2.26. The van der Waals surface area contributed by atoms with Crippen LogP contribution < -0.4 is 5.32 Å². The van der Waals surface area contributed by atoms with E-state index in [9.17, 15) is 4.39 Å². The van der Waals surface area contributed by atoms with Gasteiger partial charge in [0.25, 0.3) is 0 Å². The van der Waals surface area contributed by atoms with Crippen LogP contribution in [0.1, 0.15) is 24.3 Å². The predicted octanol–water partition coefficient (Wildman–Crippen LogP) is 4.61. The summed E-state index contributed by atoms with van der Waals surface area (Å²) in [6.07, 6.45) is 2.14. The van der Waals surface area contributed by atoms with Crippen LogP contribution in [0.3, 0.4) is 0 Å². The number of benzene rings is 2. The van der Waals surface area contributed by atoms with E-state index >= 15 is 0 Å². The molecule has 1 aliphatic rings. The second-order valence-corrected chi connectivity index (χ2v) is 5.74. The summed E-state index contributed by atoms with van der Waals surface area (Å²) in [5.41, 5.74) is 2.97. The summed E-state index contributed by atoms with van der Waals surface area (Å²) in [6.45, 7) is 2.02. The van der Waals surface area contributed by atoms with Gasteiger partial charge in [0.2, 0.25) is 0 Å². The molecule has 0 bridgehead atoms. The van der Waals surface area contributed by atoms with E-state index in [0.717, 1.165) is 42.6 Å². The van der Waals surface area contributed by atoms with Gasteiger partial charge >= 0.3 is 0 Å². The van der Waals surface area contributed by atoms with Crippen molar-refractivity contribution in [1.82, 2.24) is 5.32 Å². The van der Waals surface area contributed by atoms with Crippen LogP contribution in [0.25, 0.3) is 11.1 Å². The first-order valence-corrected chi connectivity index (χ1v) is 7.37. The molecule has 3 rings (SSSR count). The van der Waals surface area contributed by atoms with Crippen molar-refractivity contribution in [2.75, 3.05) is 13.1 Å². The van der Waals surface area contributed by atoms with Gasteiger partial charge in [-0.25, -0.2) is 4.39 Å². The first-order chi connectivity index (χ1) is 9.72. The third kappa shape index (κ3) is 3.02. The highest BCUT2D eigenvalue weighted by Gasteiger charge is 2.16. The van der Waals surface area contributed by atoms with Crippen molar-refractivity contribution in [2.24, 2.45) is 0 Å². The lowest BCUT2D eigenvalue weighted by molar-refractivity contribution is 0.458. The Hall–Kier alpha value is -1.38. The summed E-state index contributed by atoms with van der Waals surface area (Å²) in [5.74, 6) is 0.279. The first-order valence-electron chi connectivity index (χ1n) is 6.99. The van der Waals surface area contributed by atoms with E-state index in [2.05, 4.69) is 11.4 Å². The third-order valence-electron chi connectivity index (χ3n) is 3.89. The molecule has 1 N–H and O–H groups in total. The van der Waals surface area contributed by atoms with Crippen LogP contribution in [0.4, 0.5) is 4.39 Å². The van der Waals surface area contributed by atoms with E-state index in [-0.39, 0.29) is 5.82 Å². The van der Waals surface area contributed by atoms with Gasteiger partial charge in [-0.3, -0.25) is 0 Å². The van der Waals surface area contributed by atoms with E-state index < -0.39 is 0 Å². The Bertz CT molecular complexity index is 606. The van der Waals surface area contributed by atoms with Crippen LogP contribution in [0.5, 0.6) is 0 Å². The lowest BCUT2D eigenvalue weighted by Gasteiger charge is -2.23. The van der Waals surface area contributed by atoms with Crippen LogP contribution in [-0.4, -0.2) is 13.1 Å². The summed E-state index contributed by atoms with van der Waals surface area (Å²) < 4.78 is 13.9. The summed E-state index contributed by atoms with van der Waals surface area (Å²) >= 11 is 6.02. The molecule has 1 nitrogen and oxygen atoms in total. The number of halogens is 2. The fourth-order valence-electron chi connectivity index (χ4n) is 2.84. The first kappa shape index (κ1) is 13.6. The Morgan fingerprint density at radius 2 is 1.80 bits per heavy atom. The van der Waals surface area contributed by atoms with Crippen LogP contribution >= 0.6 is 11.6 Å². The van der Waals surface area contributed by atoms with Crippen LogP contribution in [0.2, 0.25) is 5.02 Å². The number of nitrogens with one attached hydrogen (secondary N) is 1. The number of rotatable bonds is 2. The zero-order chi connectivity index (χ0) is 13.9. The molecule has 0 aliphatic carbocycles. The minimum Gasteiger partial charge on any atom is -0.317 e. The highest BCUT2D eigenvalue weighted by Crippen LogP contribution is 2.31. The number of hydrogen-bond donors (Lipinski definition) is 1. The average Bonchev–Trinajstić information content (AvgIpc) is 2.47. The van der Waals surface area contributed by atoms with Crippen molar-refractivity contribution in [3.8, 4) is 11.1 Å². The monoisotopic (exact) mass is 289 g/mol. The Morgan fingerprint density at radius 3 is 2.55 bits per heavy atom. The van der Waals surface area contributed by atoms with E-state index in [0.29, 0.717) is 10.9 Å². The highest BCUT2D eigenvalue weighted by molar-refractivity contribution is 6.30. The molecule has 0 saturated carbocycles. The molecule has 104 valence electrons. The van der Waals surface area contributed by atoms with E-state index in [1.165, 1.54) is 0 Å². The molecular formula is C17H17ClFN. The Kier molecular flexibility index (Phi) is 4.04. The maximum atomic E-state index is 13.9. The van der Waals surface area contributed by atoms with Gasteiger partial charge in [0, 0.05) is 5.02 Å². The van der Waals surface area contributed by atoms with Gasteiger partial charge in [-0.2, -0.15) is 0 Å². The molecule has 2 aromatic carbocycles. The molecule has 0 aromatic heterocycles. The minimum absolute atomic E-state index is 0.170. The fraction of sp³-hybridized carbons (Fsp3) is 0.294. The summed E-state index contributed by atoms with van der Waals surface area (Å²) in [6, 6.07) is 12.9. The summed E-state index contributed by atoms with van der Waals surface area (Å²) in [7, 11) is 0. The Morgan fingerprint density at radius 1 is 1.00 bits per heavy atom. The molecule has 1 fully saturated rings. The molecule has 0 radical (unpaired) electrons. The largest absolute Gasteiger partial charge is 0.317 e. The summed E-state index contributed by atoms with van der Waals surface area (Å²) in [5, 5.41) is 4.02. The zero-order valence-electron chi connectivity index (χ0n) is 11.2. The van der Waals surface area contributed by atoms with Crippen molar-refractivity contribution >= 4 is 11.6 Å². The maximum Gasteiger partial charge on any atom is 0.124 e. The second kappa shape index (κ2) is 5.94. The second-order valence-electron chi connectivity index (χ2n) is 5.31. The Balaban J connectivity index is 1.97. The van der Waals surface area contributed by atoms with Gasteiger partial charge in [-0.15, -0.1) is 0 Å². The zero-order valence-corrected chi connectivity index (χ0v) is 12.0. The van der Waals surface area contributed by atoms with Crippen LogP contribution in [0.15, 0.2) is 42.5 Å². The van der Waals surface area contributed by atoms with E-state index in [1.807, 2.05) is 24.3 Å². The molecular weight excluding hydrogens is 273 g/mol. The standard InChI is InChI=1S/C17H17ClFN/c18-16-3-1-2-13(9-16)15-8-14(10-17(19)11-15)12-4-6-20-7-5-12/h1-3,8-12,20H,4-7H2. The lowest BCUT2D eigenvalue weighted by atomic mass is 9.88. The van der Waals surface area contributed by atoms with Gasteiger partial charge in [0.05, 0.1) is 0 Å². The topological polar surface area (TPSA) is 12.0 Å². The van der Waals surface area contributed by atoms with Crippen molar-refractivity contribution < 1.29 is 4.39 Å². The molecule has 0 atom stereocenters. The van der Waals surface area contributed by atoms with Crippen LogP contribution in [-0.2, 0) is 0 Å². The van der Waals surface area contributed by atoms with Crippen LogP contribution in [0, 0.1) is 5.82 Å². The quantitative estimate of drug-likeness (QED) is 0.851. The molecule has 1 aliphatic heterocycles. The average molecular weight is 290 g/mol. The third-order valence-corrected chi connectivity index (χ3v) is 4.12. The molecule has 1 saturated heterocycles. The SMILES string of the molecule is Fc1cc(-c2cccc(Cl)c2)cc(C2CCNCC2)c1. The molecule has 20 heavy (non-hydrogen) atoms. The predicted molar refractivity (Wildman–Crippen MR) is 81.7 cm³/mol. The van der Waals surface area contributed by atoms with Gasteiger partial charge < -0.3 is 5.32 Å². The van der Waals surface area contributed by atoms with Crippen molar-refractivity contribution in [3.63, 3.8) is 0 Å².